The highest BCUT2D eigenvalue weighted by molar-refractivity contribution is 7.15. The van der Waals surface area contributed by atoms with Gasteiger partial charge in [-0.2, -0.15) is 0 Å². The summed E-state index contributed by atoms with van der Waals surface area (Å²) in [5.74, 6) is 0.821. The number of hydrogen-bond donors (Lipinski definition) is 2. The van der Waals surface area contributed by atoms with Gasteiger partial charge in [-0.3, -0.25) is 9.69 Å². The van der Waals surface area contributed by atoms with Gasteiger partial charge in [0.2, 0.25) is 11.0 Å². The van der Waals surface area contributed by atoms with Crippen LogP contribution in [-0.4, -0.2) is 46.7 Å². The second-order valence-corrected chi connectivity index (χ2v) is 6.59. The Hall–Kier alpha value is -1.21. The average molecular weight is 295 g/mol. The van der Waals surface area contributed by atoms with Crippen LogP contribution in [0.1, 0.15) is 31.2 Å². The van der Waals surface area contributed by atoms with E-state index in [1.165, 1.54) is 0 Å². The molecule has 2 aliphatic rings. The molecular formula is C13H21N5OS. The number of carbonyl (C=O) groups is 1. The summed E-state index contributed by atoms with van der Waals surface area (Å²) in [5.41, 5.74) is 0. The van der Waals surface area contributed by atoms with Crippen LogP contribution in [0, 0.1) is 5.92 Å². The molecule has 2 N–H and O–H groups in total. The zero-order valence-corrected chi connectivity index (χ0v) is 12.6. The number of hydrogen-bond acceptors (Lipinski definition) is 6. The number of fused-ring (bicyclic) bond motifs is 1. The van der Waals surface area contributed by atoms with Gasteiger partial charge in [-0.15, -0.1) is 10.2 Å². The van der Waals surface area contributed by atoms with Crippen molar-refractivity contribution in [2.75, 3.05) is 25.0 Å². The fourth-order valence-electron chi connectivity index (χ4n) is 3.06. The lowest BCUT2D eigenvalue weighted by Gasteiger charge is -2.41. The third-order valence-corrected chi connectivity index (χ3v) is 4.93. The minimum absolute atomic E-state index is 0.221. The molecule has 2 fully saturated rings. The molecule has 0 radical (unpaired) electrons. The first-order valence-corrected chi connectivity index (χ1v) is 8.14. The number of piperidine rings is 2. The molecule has 2 unspecified atom stereocenters. The van der Waals surface area contributed by atoms with Crippen LogP contribution < -0.4 is 10.6 Å². The smallest absolute Gasteiger partial charge is 0.220 e. The highest BCUT2D eigenvalue weighted by atomic mass is 32.1. The number of nitrogens with one attached hydrogen (secondary N) is 2. The number of carbonyl (C=O) groups excluding carboxylic acids is 1. The fraction of sp³-hybridized carbons (Fsp3) is 0.769. The molecule has 0 bridgehead atoms. The second-order valence-electron chi connectivity index (χ2n) is 5.53. The van der Waals surface area contributed by atoms with Crippen LogP contribution in [-0.2, 0) is 11.3 Å². The van der Waals surface area contributed by atoms with E-state index < -0.39 is 0 Å². The van der Waals surface area contributed by atoms with Crippen LogP contribution in [0.5, 0.6) is 0 Å². The van der Waals surface area contributed by atoms with Gasteiger partial charge in [0, 0.05) is 32.1 Å². The zero-order valence-electron chi connectivity index (χ0n) is 11.8. The molecule has 0 aromatic carbocycles. The molecule has 7 heteroatoms. The van der Waals surface area contributed by atoms with Crippen molar-refractivity contribution in [3.8, 4) is 0 Å². The van der Waals surface area contributed by atoms with Crippen molar-refractivity contribution in [3.05, 3.63) is 5.01 Å². The summed E-state index contributed by atoms with van der Waals surface area (Å²) in [7, 11) is 0. The Labute approximate surface area is 123 Å². The van der Waals surface area contributed by atoms with Crippen molar-refractivity contribution < 1.29 is 4.79 Å². The molecule has 2 saturated heterocycles. The Kier molecular flexibility index (Phi) is 4.16. The Morgan fingerprint density at radius 2 is 2.35 bits per heavy atom. The SMILES string of the molecule is CCNc1nnc(CN2CCC3NC(=O)CCC3C2)s1. The van der Waals surface area contributed by atoms with Crippen LogP contribution in [0.4, 0.5) is 5.13 Å². The molecule has 6 nitrogen and oxygen atoms in total. The first-order valence-electron chi connectivity index (χ1n) is 7.32. The van der Waals surface area contributed by atoms with Crippen LogP contribution in [0.2, 0.25) is 0 Å². The van der Waals surface area contributed by atoms with Crippen molar-refractivity contribution >= 4 is 22.4 Å². The Morgan fingerprint density at radius 1 is 1.45 bits per heavy atom. The van der Waals surface area contributed by atoms with Crippen molar-refractivity contribution in [2.24, 2.45) is 5.92 Å². The highest BCUT2D eigenvalue weighted by Gasteiger charge is 2.33. The van der Waals surface area contributed by atoms with E-state index in [4.69, 9.17) is 0 Å². The van der Waals surface area contributed by atoms with E-state index in [2.05, 4.69) is 32.7 Å². The molecule has 3 heterocycles. The maximum Gasteiger partial charge on any atom is 0.220 e. The third-order valence-electron chi connectivity index (χ3n) is 4.06. The van der Waals surface area contributed by atoms with E-state index in [1.54, 1.807) is 11.3 Å². The first kappa shape index (κ1) is 13.8. The minimum atomic E-state index is 0.221. The zero-order chi connectivity index (χ0) is 13.9. The van der Waals surface area contributed by atoms with Gasteiger partial charge in [-0.25, -0.2) is 0 Å². The third kappa shape index (κ3) is 3.09. The van der Waals surface area contributed by atoms with Gasteiger partial charge >= 0.3 is 0 Å². The Morgan fingerprint density at radius 3 is 3.20 bits per heavy atom. The topological polar surface area (TPSA) is 70.2 Å². The molecule has 3 rings (SSSR count). The Bertz CT molecular complexity index is 477. The molecule has 1 aromatic rings. The van der Waals surface area contributed by atoms with E-state index in [-0.39, 0.29) is 5.91 Å². The summed E-state index contributed by atoms with van der Waals surface area (Å²) in [6.07, 6.45) is 2.75. The molecule has 0 spiro atoms. The molecule has 2 aliphatic heterocycles. The molecule has 1 amide bonds. The summed E-state index contributed by atoms with van der Waals surface area (Å²) in [5, 5.41) is 16.7. The predicted molar refractivity (Wildman–Crippen MR) is 78.6 cm³/mol. The number of nitrogens with zero attached hydrogens (tertiary/aromatic N) is 3. The van der Waals surface area contributed by atoms with Crippen LogP contribution in [0.25, 0.3) is 0 Å². The van der Waals surface area contributed by atoms with E-state index in [0.717, 1.165) is 49.2 Å². The van der Waals surface area contributed by atoms with Crippen molar-refractivity contribution in [2.45, 2.75) is 38.8 Å². The summed E-state index contributed by atoms with van der Waals surface area (Å²) in [6.45, 7) is 5.89. The van der Waals surface area contributed by atoms with Crippen molar-refractivity contribution in [1.29, 1.82) is 0 Å². The largest absolute Gasteiger partial charge is 0.360 e. The van der Waals surface area contributed by atoms with Crippen LogP contribution >= 0.6 is 11.3 Å². The van der Waals surface area contributed by atoms with Gasteiger partial charge in [0.25, 0.3) is 0 Å². The molecule has 0 aliphatic carbocycles. The second kappa shape index (κ2) is 6.05. The van der Waals surface area contributed by atoms with Gasteiger partial charge in [0.05, 0.1) is 6.54 Å². The van der Waals surface area contributed by atoms with Gasteiger partial charge in [-0.1, -0.05) is 11.3 Å². The number of rotatable bonds is 4. The average Bonchev–Trinajstić information content (AvgIpc) is 2.87. The van der Waals surface area contributed by atoms with Crippen LogP contribution in [0.15, 0.2) is 0 Å². The quantitative estimate of drug-likeness (QED) is 0.869. The molecule has 0 saturated carbocycles. The number of amides is 1. The minimum Gasteiger partial charge on any atom is -0.360 e. The van der Waals surface area contributed by atoms with Gasteiger partial charge < -0.3 is 10.6 Å². The number of likely N-dealkylation sites (tertiary alicyclic amines) is 1. The highest BCUT2D eigenvalue weighted by Crippen LogP contribution is 2.27. The summed E-state index contributed by atoms with van der Waals surface area (Å²) in [6, 6.07) is 0.388. The molecule has 20 heavy (non-hydrogen) atoms. The van der Waals surface area contributed by atoms with Gasteiger partial charge in [0.1, 0.15) is 5.01 Å². The van der Waals surface area contributed by atoms with E-state index in [0.29, 0.717) is 18.4 Å². The molecular weight excluding hydrogens is 274 g/mol. The number of anilines is 1. The Balaban J connectivity index is 1.55. The lowest BCUT2D eigenvalue weighted by molar-refractivity contribution is -0.125. The van der Waals surface area contributed by atoms with Crippen LogP contribution in [0.3, 0.4) is 0 Å². The number of aromatic nitrogens is 2. The standard InChI is InChI=1S/C13H21N5OS/c1-2-14-13-17-16-12(20-13)8-18-6-5-10-9(7-18)3-4-11(19)15-10/h9-10H,2-8H2,1H3,(H,14,17)(H,15,19). The predicted octanol–water partition coefficient (Wildman–Crippen LogP) is 1.07. The van der Waals surface area contributed by atoms with Gasteiger partial charge in [0.15, 0.2) is 0 Å². The fourth-order valence-corrected chi connectivity index (χ4v) is 3.91. The lowest BCUT2D eigenvalue weighted by Crippen LogP contribution is -2.53. The molecule has 1 aromatic heterocycles. The maximum atomic E-state index is 11.4. The van der Waals surface area contributed by atoms with Crippen molar-refractivity contribution in [1.82, 2.24) is 20.4 Å². The lowest BCUT2D eigenvalue weighted by atomic mass is 9.85. The molecule has 110 valence electrons. The van der Waals surface area contributed by atoms with Crippen molar-refractivity contribution in [3.63, 3.8) is 0 Å². The van der Waals surface area contributed by atoms with Gasteiger partial charge in [-0.05, 0) is 25.7 Å². The monoisotopic (exact) mass is 295 g/mol. The summed E-state index contributed by atoms with van der Waals surface area (Å²) < 4.78 is 0. The molecule has 2 atom stereocenters. The van der Waals surface area contributed by atoms with E-state index in [9.17, 15) is 4.79 Å². The summed E-state index contributed by atoms with van der Waals surface area (Å²) >= 11 is 1.64. The van der Waals surface area contributed by atoms with E-state index in [1.807, 2.05) is 0 Å². The normalized spacial score (nSPS) is 26.9. The first-order chi connectivity index (χ1) is 9.74. The maximum absolute atomic E-state index is 11.4. The summed E-state index contributed by atoms with van der Waals surface area (Å²) in [4.78, 5) is 13.8. The van der Waals surface area contributed by atoms with E-state index >= 15 is 0 Å².